The molecule has 0 spiro atoms. The number of nitrogens with one attached hydrogen (secondary N) is 1. The van der Waals surface area contributed by atoms with Crippen molar-refractivity contribution in [3.63, 3.8) is 0 Å². The maximum absolute atomic E-state index is 12.9. The first-order valence-electron chi connectivity index (χ1n) is 8.12. The van der Waals surface area contributed by atoms with Gasteiger partial charge in [0, 0.05) is 5.02 Å². The molecule has 0 aliphatic carbocycles. The standard InChI is InChI=1S/C18H19ClN4OS3/c1-10-15(20-16(24)14-17(25-3)22-27-18(14)26-4)11(2)23(21-10)9-12-7-5-6-8-13(12)19/h5-8H,9H2,1-4H3,(H,20,24). The van der Waals surface area contributed by atoms with Gasteiger partial charge in [-0.3, -0.25) is 9.48 Å². The lowest BCUT2D eigenvalue weighted by atomic mass is 10.2. The molecule has 0 saturated carbocycles. The second-order valence-corrected chi connectivity index (χ2v) is 8.86. The number of carbonyl (C=O) groups is 1. The summed E-state index contributed by atoms with van der Waals surface area (Å²) in [5.41, 5.74) is 4.02. The van der Waals surface area contributed by atoms with Gasteiger partial charge in [-0.1, -0.05) is 29.8 Å². The van der Waals surface area contributed by atoms with Crippen LogP contribution in [0.2, 0.25) is 5.02 Å². The van der Waals surface area contributed by atoms with Crippen molar-refractivity contribution in [2.45, 2.75) is 29.6 Å². The minimum atomic E-state index is -0.152. The van der Waals surface area contributed by atoms with Crippen LogP contribution in [0.5, 0.6) is 0 Å². The number of thioether (sulfide) groups is 2. The monoisotopic (exact) mass is 438 g/mol. The van der Waals surface area contributed by atoms with Crippen molar-refractivity contribution in [1.29, 1.82) is 0 Å². The van der Waals surface area contributed by atoms with Crippen LogP contribution in [-0.4, -0.2) is 32.6 Å². The zero-order valence-corrected chi connectivity index (χ0v) is 18.6. The van der Waals surface area contributed by atoms with E-state index < -0.39 is 0 Å². The van der Waals surface area contributed by atoms with E-state index in [1.165, 1.54) is 35.1 Å². The molecule has 0 bridgehead atoms. The Kier molecular flexibility index (Phi) is 6.52. The van der Waals surface area contributed by atoms with E-state index in [0.29, 0.717) is 17.1 Å². The van der Waals surface area contributed by atoms with E-state index in [4.69, 9.17) is 11.6 Å². The highest BCUT2D eigenvalue weighted by atomic mass is 35.5. The normalized spacial score (nSPS) is 11.0. The predicted molar refractivity (Wildman–Crippen MR) is 116 cm³/mol. The van der Waals surface area contributed by atoms with E-state index in [2.05, 4.69) is 14.8 Å². The van der Waals surface area contributed by atoms with Crippen molar-refractivity contribution in [2.75, 3.05) is 17.8 Å². The Hall–Kier alpha value is -1.48. The van der Waals surface area contributed by atoms with E-state index in [1.807, 2.05) is 55.3 Å². The summed E-state index contributed by atoms with van der Waals surface area (Å²) in [5.74, 6) is -0.152. The molecule has 5 nitrogen and oxygen atoms in total. The number of aryl methyl sites for hydroxylation is 1. The number of aromatic nitrogens is 3. The van der Waals surface area contributed by atoms with Gasteiger partial charge in [-0.2, -0.15) is 9.47 Å². The number of carbonyl (C=O) groups excluding carboxylic acids is 1. The van der Waals surface area contributed by atoms with Gasteiger partial charge in [0.15, 0.2) is 0 Å². The lowest BCUT2D eigenvalue weighted by Gasteiger charge is -2.09. The van der Waals surface area contributed by atoms with Crippen molar-refractivity contribution in [3.8, 4) is 0 Å². The molecule has 2 aromatic heterocycles. The fraction of sp³-hybridized carbons (Fsp3) is 0.278. The van der Waals surface area contributed by atoms with E-state index in [0.717, 1.165) is 31.9 Å². The summed E-state index contributed by atoms with van der Waals surface area (Å²) >= 11 is 10.6. The Balaban J connectivity index is 1.88. The van der Waals surface area contributed by atoms with Gasteiger partial charge >= 0.3 is 0 Å². The lowest BCUT2D eigenvalue weighted by molar-refractivity contribution is 0.102. The van der Waals surface area contributed by atoms with Crippen LogP contribution in [0.4, 0.5) is 5.69 Å². The van der Waals surface area contributed by atoms with E-state index in [9.17, 15) is 4.79 Å². The predicted octanol–water partition coefficient (Wildman–Crippen LogP) is 5.35. The third kappa shape index (κ3) is 4.18. The number of benzene rings is 1. The van der Waals surface area contributed by atoms with Crippen LogP contribution < -0.4 is 5.32 Å². The second-order valence-electron chi connectivity index (χ2n) is 5.81. The Labute approximate surface area is 176 Å². The summed E-state index contributed by atoms with van der Waals surface area (Å²) in [5, 5.41) is 9.08. The molecule has 142 valence electrons. The van der Waals surface area contributed by atoms with Gasteiger partial charge in [-0.25, -0.2) is 0 Å². The topological polar surface area (TPSA) is 59.8 Å². The number of nitrogens with zero attached hydrogens (tertiary/aromatic N) is 3. The highest BCUT2D eigenvalue weighted by Crippen LogP contribution is 2.33. The fourth-order valence-electron chi connectivity index (χ4n) is 2.73. The van der Waals surface area contributed by atoms with Crippen LogP contribution in [0.15, 0.2) is 33.5 Å². The minimum absolute atomic E-state index is 0.152. The first-order chi connectivity index (χ1) is 13.0. The summed E-state index contributed by atoms with van der Waals surface area (Å²) in [7, 11) is 0. The first kappa shape index (κ1) is 20.3. The maximum Gasteiger partial charge on any atom is 0.260 e. The largest absolute Gasteiger partial charge is 0.319 e. The molecule has 1 aromatic carbocycles. The van der Waals surface area contributed by atoms with Gasteiger partial charge < -0.3 is 5.32 Å². The van der Waals surface area contributed by atoms with Crippen molar-refractivity contribution >= 4 is 58.3 Å². The van der Waals surface area contributed by atoms with Crippen LogP contribution in [0.3, 0.4) is 0 Å². The molecule has 9 heteroatoms. The van der Waals surface area contributed by atoms with Gasteiger partial charge in [0.05, 0.1) is 33.4 Å². The summed E-state index contributed by atoms with van der Waals surface area (Å²) in [6.45, 7) is 4.39. The molecular weight excluding hydrogens is 420 g/mol. The first-order valence-corrected chi connectivity index (χ1v) is 11.7. The van der Waals surface area contributed by atoms with Crippen LogP contribution in [0.25, 0.3) is 0 Å². The molecule has 0 aliphatic heterocycles. The molecule has 3 rings (SSSR count). The zero-order valence-electron chi connectivity index (χ0n) is 15.4. The van der Waals surface area contributed by atoms with E-state index >= 15 is 0 Å². The van der Waals surface area contributed by atoms with Crippen LogP contribution in [-0.2, 0) is 6.54 Å². The van der Waals surface area contributed by atoms with Gasteiger partial charge in [0.1, 0.15) is 5.03 Å². The van der Waals surface area contributed by atoms with Crippen molar-refractivity contribution in [2.24, 2.45) is 0 Å². The van der Waals surface area contributed by atoms with Crippen molar-refractivity contribution in [3.05, 3.63) is 51.8 Å². The summed E-state index contributed by atoms with van der Waals surface area (Å²) in [4.78, 5) is 12.9. The SMILES string of the molecule is CSc1nsc(SC)c1C(=O)Nc1c(C)nn(Cc2ccccc2Cl)c1C. The lowest BCUT2D eigenvalue weighted by Crippen LogP contribution is -2.14. The zero-order chi connectivity index (χ0) is 19.6. The molecule has 3 aromatic rings. The quantitative estimate of drug-likeness (QED) is 0.525. The van der Waals surface area contributed by atoms with E-state index in [-0.39, 0.29) is 5.91 Å². The Bertz CT molecular complexity index is 962. The second kappa shape index (κ2) is 8.68. The molecule has 0 aliphatic rings. The maximum atomic E-state index is 12.9. The van der Waals surface area contributed by atoms with Crippen LogP contribution in [0.1, 0.15) is 27.3 Å². The third-order valence-electron chi connectivity index (χ3n) is 4.13. The van der Waals surface area contributed by atoms with Crippen molar-refractivity contribution < 1.29 is 4.79 Å². The van der Waals surface area contributed by atoms with Gasteiger partial charge in [-0.05, 0) is 49.5 Å². The Morgan fingerprint density at radius 1 is 1.26 bits per heavy atom. The number of hydrogen-bond donors (Lipinski definition) is 1. The minimum Gasteiger partial charge on any atom is -0.319 e. The molecule has 27 heavy (non-hydrogen) atoms. The number of anilines is 1. The van der Waals surface area contributed by atoms with Crippen LogP contribution in [0, 0.1) is 13.8 Å². The summed E-state index contributed by atoms with van der Waals surface area (Å²) in [6, 6.07) is 7.69. The van der Waals surface area contributed by atoms with Gasteiger partial charge in [-0.15, -0.1) is 23.5 Å². The van der Waals surface area contributed by atoms with Gasteiger partial charge in [0.25, 0.3) is 5.91 Å². The molecule has 0 unspecified atom stereocenters. The average molecular weight is 439 g/mol. The molecular formula is C18H19ClN4OS3. The highest BCUT2D eigenvalue weighted by molar-refractivity contribution is 8.01. The molecule has 0 saturated heterocycles. The molecule has 0 radical (unpaired) electrons. The molecule has 0 atom stereocenters. The van der Waals surface area contributed by atoms with E-state index in [1.54, 1.807) is 0 Å². The average Bonchev–Trinajstić information content (AvgIpc) is 3.19. The molecule has 2 heterocycles. The fourth-order valence-corrected chi connectivity index (χ4v) is 5.20. The molecule has 1 amide bonds. The summed E-state index contributed by atoms with van der Waals surface area (Å²) < 4.78 is 7.15. The Morgan fingerprint density at radius 2 is 2.00 bits per heavy atom. The number of halogens is 1. The number of amides is 1. The van der Waals surface area contributed by atoms with Crippen LogP contribution >= 0.6 is 46.7 Å². The molecule has 1 N–H and O–H groups in total. The molecule has 0 fully saturated rings. The summed E-state index contributed by atoms with van der Waals surface area (Å²) in [6.07, 6.45) is 3.88. The number of hydrogen-bond acceptors (Lipinski definition) is 6. The Morgan fingerprint density at radius 3 is 2.67 bits per heavy atom. The highest BCUT2D eigenvalue weighted by Gasteiger charge is 2.23. The number of rotatable bonds is 6. The smallest absolute Gasteiger partial charge is 0.260 e. The third-order valence-corrected chi connectivity index (χ3v) is 7.24. The van der Waals surface area contributed by atoms with Gasteiger partial charge in [0.2, 0.25) is 0 Å². The van der Waals surface area contributed by atoms with Crippen molar-refractivity contribution in [1.82, 2.24) is 14.2 Å².